The Balaban J connectivity index is 1.43. The molecule has 0 spiro atoms. The van der Waals surface area contributed by atoms with Crippen LogP contribution in [-0.4, -0.2) is 17.4 Å². The van der Waals surface area contributed by atoms with Gasteiger partial charge in [-0.3, -0.25) is 4.79 Å². The Labute approximate surface area is 133 Å². The molecule has 5 heteroatoms. The number of fused-ring (bicyclic) bond motifs is 1. The number of aryl methyl sites for hydroxylation is 1. The topological polar surface area (TPSA) is 55.1 Å². The Morgan fingerprint density at radius 1 is 1.13 bits per heavy atom. The summed E-state index contributed by atoms with van der Waals surface area (Å²) in [6.45, 7) is 0.561. The number of rotatable bonds is 6. The van der Waals surface area contributed by atoms with E-state index in [1.54, 1.807) is 6.07 Å². The van der Waals surface area contributed by atoms with Gasteiger partial charge < -0.3 is 9.73 Å². The Hall–Kier alpha value is -2.69. The van der Waals surface area contributed by atoms with E-state index in [1.165, 1.54) is 18.5 Å². The number of carbonyl (C=O) groups is 1. The maximum absolute atomic E-state index is 13.1. The molecule has 2 aromatic carbocycles. The fourth-order valence-electron chi connectivity index (χ4n) is 2.44. The fourth-order valence-corrected chi connectivity index (χ4v) is 2.44. The molecule has 3 rings (SSSR count). The summed E-state index contributed by atoms with van der Waals surface area (Å²) in [6, 6.07) is 12.1. The van der Waals surface area contributed by atoms with Crippen molar-refractivity contribution in [2.75, 3.05) is 6.54 Å². The highest BCUT2D eigenvalue weighted by Gasteiger charge is 2.04. The molecule has 0 aliphatic carbocycles. The summed E-state index contributed by atoms with van der Waals surface area (Å²) < 4.78 is 18.2. The molecule has 1 heterocycles. The zero-order chi connectivity index (χ0) is 16.1. The van der Waals surface area contributed by atoms with E-state index in [9.17, 15) is 9.18 Å². The van der Waals surface area contributed by atoms with Gasteiger partial charge in [0, 0.05) is 13.0 Å². The maximum Gasteiger partial charge on any atom is 0.220 e. The number of hydrogen-bond donors (Lipinski definition) is 1. The second-order valence-corrected chi connectivity index (χ2v) is 5.38. The molecule has 3 aromatic rings. The van der Waals surface area contributed by atoms with Gasteiger partial charge in [0.1, 0.15) is 11.3 Å². The van der Waals surface area contributed by atoms with Gasteiger partial charge in [-0.25, -0.2) is 9.37 Å². The van der Waals surface area contributed by atoms with E-state index >= 15 is 0 Å². The minimum atomic E-state index is -0.272. The van der Waals surface area contributed by atoms with Crippen LogP contribution in [0.1, 0.15) is 17.5 Å². The lowest BCUT2D eigenvalue weighted by atomic mass is 10.1. The van der Waals surface area contributed by atoms with Crippen molar-refractivity contribution in [3.05, 3.63) is 65.8 Å². The summed E-state index contributed by atoms with van der Waals surface area (Å²) in [4.78, 5) is 15.9. The second-order valence-electron chi connectivity index (χ2n) is 5.38. The van der Waals surface area contributed by atoms with Crippen molar-refractivity contribution in [2.24, 2.45) is 0 Å². The number of nitrogens with zero attached hydrogens (tertiary/aromatic N) is 1. The van der Waals surface area contributed by atoms with Crippen LogP contribution in [0.3, 0.4) is 0 Å². The van der Waals surface area contributed by atoms with E-state index in [1.807, 2.05) is 24.3 Å². The molecule has 0 radical (unpaired) electrons. The summed E-state index contributed by atoms with van der Waals surface area (Å²) >= 11 is 0. The molecule has 0 unspecified atom stereocenters. The van der Waals surface area contributed by atoms with Crippen LogP contribution in [0, 0.1) is 5.82 Å². The van der Waals surface area contributed by atoms with Crippen LogP contribution in [0.5, 0.6) is 0 Å². The summed E-state index contributed by atoms with van der Waals surface area (Å²) in [5.74, 6) is -0.303. The average Bonchev–Trinajstić information content (AvgIpc) is 3.01. The van der Waals surface area contributed by atoms with E-state index in [4.69, 9.17) is 4.42 Å². The molecule has 0 atom stereocenters. The molecule has 4 nitrogen and oxygen atoms in total. The second kappa shape index (κ2) is 7.05. The van der Waals surface area contributed by atoms with Crippen molar-refractivity contribution < 1.29 is 13.6 Å². The third-order valence-electron chi connectivity index (χ3n) is 3.66. The van der Waals surface area contributed by atoms with Crippen LogP contribution in [-0.2, 0) is 17.6 Å². The van der Waals surface area contributed by atoms with Crippen molar-refractivity contribution in [1.29, 1.82) is 0 Å². The highest BCUT2D eigenvalue weighted by atomic mass is 19.1. The third-order valence-corrected chi connectivity index (χ3v) is 3.66. The number of aromatic nitrogens is 1. The lowest BCUT2D eigenvalue weighted by Gasteiger charge is -2.06. The number of carbonyl (C=O) groups excluding carboxylic acids is 1. The van der Waals surface area contributed by atoms with Gasteiger partial charge in [-0.1, -0.05) is 18.2 Å². The highest BCUT2D eigenvalue weighted by molar-refractivity contribution is 5.76. The molecule has 0 aliphatic rings. The Bertz CT molecular complexity index is 813. The van der Waals surface area contributed by atoms with Crippen LogP contribution >= 0.6 is 0 Å². The van der Waals surface area contributed by atoms with Gasteiger partial charge >= 0.3 is 0 Å². The molecular formula is C18H17FN2O2. The SMILES string of the molecule is O=C(CCc1cccc(F)c1)NCCc1ccc2ocnc2c1. The lowest BCUT2D eigenvalue weighted by molar-refractivity contribution is -0.121. The van der Waals surface area contributed by atoms with Gasteiger partial charge in [0.25, 0.3) is 0 Å². The zero-order valence-corrected chi connectivity index (χ0v) is 12.6. The van der Waals surface area contributed by atoms with Crippen LogP contribution in [0.15, 0.2) is 53.3 Å². The van der Waals surface area contributed by atoms with Gasteiger partial charge in [-0.05, 0) is 48.2 Å². The quantitative estimate of drug-likeness (QED) is 0.760. The summed E-state index contributed by atoms with van der Waals surface area (Å²) in [6.07, 6.45) is 3.04. The monoisotopic (exact) mass is 312 g/mol. The summed E-state index contributed by atoms with van der Waals surface area (Å²) in [7, 11) is 0. The molecule has 1 N–H and O–H groups in total. The molecule has 23 heavy (non-hydrogen) atoms. The van der Waals surface area contributed by atoms with Gasteiger partial charge in [0.15, 0.2) is 12.0 Å². The molecule has 1 aromatic heterocycles. The van der Waals surface area contributed by atoms with Gasteiger partial charge in [0.2, 0.25) is 5.91 Å². The number of nitrogens with one attached hydrogen (secondary N) is 1. The third kappa shape index (κ3) is 4.16. The minimum Gasteiger partial charge on any atom is -0.443 e. The smallest absolute Gasteiger partial charge is 0.220 e. The zero-order valence-electron chi connectivity index (χ0n) is 12.6. The predicted molar refractivity (Wildman–Crippen MR) is 85.4 cm³/mol. The first kappa shape index (κ1) is 15.2. The fraction of sp³-hybridized carbons (Fsp3) is 0.222. The minimum absolute atomic E-state index is 0.0308. The number of halogens is 1. The molecule has 0 aliphatic heterocycles. The van der Waals surface area contributed by atoms with Gasteiger partial charge in [0.05, 0.1) is 0 Å². The predicted octanol–water partition coefficient (Wildman–Crippen LogP) is 3.26. The number of benzene rings is 2. The first-order chi connectivity index (χ1) is 11.2. The molecule has 1 amide bonds. The van der Waals surface area contributed by atoms with Crippen molar-refractivity contribution in [3.8, 4) is 0 Å². The first-order valence-corrected chi connectivity index (χ1v) is 7.54. The normalized spacial score (nSPS) is 10.8. The Kier molecular flexibility index (Phi) is 4.66. The van der Waals surface area contributed by atoms with Crippen LogP contribution in [0.4, 0.5) is 4.39 Å². The molecule has 118 valence electrons. The van der Waals surface area contributed by atoms with Crippen molar-refractivity contribution in [1.82, 2.24) is 10.3 Å². The Morgan fingerprint density at radius 3 is 2.87 bits per heavy atom. The van der Waals surface area contributed by atoms with Crippen LogP contribution < -0.4 is 5.32 Å². The van der Waals surface area contributed by atoms with E-state index < -0.39 is 0 Å². The average molecular weight is 312 g/mol. The summed E-state index contributed by atoms with van der Waals surface area (Å²) in [5.41, 5.74) is 3.50. The number of oxazole rings is 1. The van der Waals surface area contributed by atoms with Crippen LogP contribution in [0.25, 0.3) is 11.1 Å². The van der Waals surface area contributed by atoms with Gasteiger partial charge in [-0.2, -0.15) is 0 Å². The standard InChI is InChI=1S/C18H17FN2O2/c19-15-3-1-2-13(10-15)5-7-18(22)20-9-8-14-4-6-17-16(11-14)21-12-23-17/h1-4,6,10-12H,5,7-9H2,(H,20,22). The molecule has 0 saturated carbocycles. The Morgan fingerprint density at radius 2 is 2.00 bits per heavy atom. The molecule has 0 bridgehead atoms. The first-order valence-electron chi connectivity index (χ1n) is 7.54. The molecule has 0 fully saturated rings. The van der Waals surface area contributed by atoms with E-state index in [2.05, 4.69) is 10.3 Å². The van der Waals surface area contributed by atoms with Crippen molar-refractivity contribution in [3.63, 3.8) is 0 Å². The van der Waals surface area contributed by atoms with Gasteiger partial charge in [-0.15, -0.1) is 0 Å². The maximum atomic E-state index is 13.1. The van der Waals surface area contributed by atoms with Crippen molar-refractivity contribution in [2.45, 2.75) is 19.3 Å². The highest BCUT2D eigenvalue weighted by Crippen LogP contribution is 2.14. The van der Waals surface area contributed by atoms with Crippen LogP contribution in [0.2, 0.25) is 0 Å². The number of hydrogen-bond acceptors (Lipinski definition) is 3. The molecular weight excluding hydrogens is 295 g/mol. The summed E-state index contributed by atoms with van der Waals surface area (Å²) in [5, 5.41) is 2.88. The van der Waals surface area contributed by atoms with E-state index in [0.717, 1.165) is 28.6 Å². The van der Waals surface area contributed by atoms with Crippen molar-refractivity contribution >= 4 is 17.0 Å². The molecule has 0 saturated heterocycles. The largest absolute Gasteiger partial charge is 0.443 e. The number of amides is 1. The van der Waals surface area contributed by atoms with E-state index in [-0.39, 0.29) is 11.7 Å². The lowest BCUT2D eigenvalue weighted by Crippen LogP contribution is -2.25. The van der Waals surface area contributed by atoms with E-state index in [0.29, 0.717) is 19.4 Å².